The second kappa shape index (κ2) is 50.4. The molecule has 12 atom stereocenters. The molecule has 2 saturated heterocycles. The molecule has 0 aromatic carbocycles. The van der Waals surface area contributed by atoms with Crippen molar-refractivity contribution in [1.82, 2.24) is 5.32 Å². The number of nitrogens with one attached hydrogen (secondary N) is 1. The number of amides is 1. The summed E-state index contributed by atoms with van der Waals surface area (Å²) in [5.41, 5.74) is 0. The lowest BCUT2D eigenvalue weighted by Gasteiger charge is -2.46. The molecular weight excluding hydrogens is 1010 g/mol. The minimum atomic E-state index is -1.79. The molecule has 14 nitrogen and oxygen atoms in total. The summed E-state index contributed by atoms with van der Waals surface area (Å²) in [6.45, 7) is 2.59. The number of allylic oxidation sites excluding steroid dienone is 15. The number of hydrogen-bond donors (Lipinski definition) is 9. The van der Waals surface area contributed by atoms with E-state index in [4.69, 9.17) is 18.9 Å². The number of unbranched alkanes of at least 4 members (excludes halogenated alkanes) is 22. The van der Waals surface area contributed by atoms with Crippen LogP contribution in [0.1, 0.15) is 219 Å². The molecule has 0 aliphatic carbocycles. The zero-order valence-electron chi connectivity index (χ0n) is 49.5. The van der Waals surface area contributed by atoms with Gasteiger partial charge in [0.25, 0.3) is 0 Å². The zero-order valence-corrected chi connectivity index (χ0v) is 49.5. The number of hydrogen-bond acceptors (Lipinski definition) is 13. The van der Waals surface area contributed by atoms with Crippen LogP contribution in [0.3, 0.4) is 0 Å². The lowest BCUT2D eigenvalue weighted by molar-refractivity contribution is -0.359. The number of carbonyl (C=O) groups is 1. The summed E-state index contributed by atoms with van der Waals surface area (Å²) >= 11 is 0. The molecule has 2 aliphatic heterocycles. The maximum Gasteiger partial charge on any atom is 0.220 e. The molecule has 2 rings (SSSR count). The monoisotopic (exact) mass is 1130 g/mol. The Kier molecular flexibility index (Phi) is 46.0. The van der Waals surface area contributed by atoms with E-state index in [1.807, 2.05) is 6.08 Å². The van der Waals surface area contributed by atoms with E-state index in [1.54, 1.807) is 6.08 Å². The van der Waals surface area contributed by atoms with E-state index in [2.05, 4.69) is 104 Å². The fourth-order valence-electron chi connectivity index (χ4n) is 9.72. The average Bonchev–Trinajstić information content (AvgIpc) is 3.49. The van der Waals surface area contributed by atoms with Gasteiger partial charge in [-0.05, 0) is 83.5 Å². The standard InChI is InChI=1S/C66H113NO13/c1-3-5-7-9-11-13-14-15-16-17-18-19-20-21-22-23-24-25-26-27-28-29-30-31-32-33-34-35-36-37-38-39-40-42-44-46-48-50-58(71)67-54(55(70)49-47-45-43-41-12-10-8-6-4-2)53-77-65-63(76)61(74)64(57(52-69)79-65)80-66-62(75)60(73)59(72)56(51-68)78-66/h5,7,11-13,15-16,18-19,21-22,24-25,41,47,49,54-57,59-66,68-70,72-76H,3-4,6,8-10,14,17,20,23,26-40,42-46,48,50-53H2,1-2H3,(H,67,71)/b7-5-,13-11-,16-15-,19-18-,22-21-,25-24-,41-12+,49-47+. The van der Waals surface area contributed by atoms with Gasteiger partial charge >= 0.3 is 0 Å². The molecule has 0 aromatic heterocycles. The highest BCUT2D eigenvalue weighted by atomic mass is 16.7. The Morgan fingerprint density at radius 3 is 1.38 bits per heavy atom. The first kappa shape index (κ1) is 73.0. The molecule has 80 heavy (non-hydrogen) atoms. The number of carbonyl (C=O) groups excluding carboxylic acids is 1. The summed E-state index contributed by atoms with van der Waals surface area (Å²) in [5.74, 6) is -0.254. The van der Waals surface area contributed by atoms with Gasteiger partial charge in [0, 0.05) is 6.42 Å². The van der Waals surface area contributed by atoms with E-state index in [9.17, 15) is 45.6 Å². The van der Waals surface area contributed by atoms with Crippen molar-refractivity contribution in [2.45, 2.75) is 293 Å². The van der Waals surface area contributed by atoms with Crippen LogP contribution in [0.15, 0.2) is 97.2 Å². The smallest absolute Gasteiger partial charge is 0.220 e. The van der Waals surface area contributed by atoms with Crippen molar-refractivity contribution >= 4 is 5.91 Å². The molecule has 12 unspecified atom stereocenters. The van der Waals surface area contributed by atoms with E-state index < -0.39 is 86.8 Å². The fraction of sp³-hybridized carbons (Fsp3) is 0.742. The highest BCUT2D eigenvalue weighted by Gasteiger charge is 2.51. The van der Waals surface area contributed by atoms with E-state index in [0.717, 1.165) is 77.0 Å². The molecule has 2 fully saturated rings. The molecule has 14 heteroatoms. The van der Waals surface area contributed by atoms with Crippen LogP contribution in [-0.2, 0) is 23.7 Å². The maximum absolute atomic E-state index is 13.2. The van der Waals surface area contributed by atoms with E-state index >= 15 is 0 Å². The third-order valence-corrected chi connectivity index (χ3v) is 14.8. The molecule has 1 amide bonds. The number of aliphatic hydroxyl groups is 8. The molecule has 0 radical (unpaired) electrons. The molecule has 460 valence electrons. The highest BCUT2D eigenvalue weighted by molar-refractivity contribution is 5.76. The summed E-state index contributed by atoms with van der Waals surface area (Å²) < 4.78 is 22.7. The number of aliphatic hydroxyl groups excluding tert-OH is 8. The molecule has 9 N–H and O–H groups in total. The first-order valence-corrected chi connectivity index (χ1v) is 31.5. The van der Waals surface area contributed by atoms with Crippen molar-refractivity contribution in [1.29, 1.82) is 0 Å². The van der Waals surface area contributed by atoms with E-state index in [0.29, 0.717) is 12.8 Å². The van der Waals surface area contributed by atoms with E-state index in [-0.39, 0.29) is 18.9 Å². The van der Waals surface area contributed by atoms with Gasteiger partial charge in [0.05, 0.1) is 32.0 Å². The lowest BCUT2D eigenvalue weighted by atomic mass is 9.97. The van der Waals surface area contributed by atoms with Crippen LogP contribution in [0.25, 0.3) is 0 Å². The topological polar surface area (TPSA) is 228 Å². The van der Waals surface area contributed by atoms with Crippen LogP contribution < -0.4 is 5.32 Å². The molecule has 2 aliphatic rings. The average molecular weight is 1130 g/mol. The summed E-state index contributed by atoms with van der Waals surface area (Å²) in [6.07, 6.45) is 53.6. The minimum Gasteiger partial charge on any atom is -0.394 e. The second-order valence-electron chi connectivity index (χ2n) is 21.8. The molecular formula is C66H113NO13. The summed E-state index contributed by atoms with van der Waals surface area (Å²) in [7, 11) is 0. The number of ether oxygens (including phenoxy) is 4. The van der Waals surface area contributed by atoms with Crippen molar-refractivity contribution in [2.75, 3.05) is 19.8 Å². The predicted octanol–water partition coefficient (Wildman–Crippen LogP) is 11.4. The van der Waals surface area contributed by atoms with Crippen LogP contribution in [0.2, 0.25) is 0 Å². The predicted molar refractivity (Wildman–Crippen MR) is 323 cm³/mol. The van der Waals surface area contributed by atoms with Crippen molar-refractivity contribution in [3.8, 4) is 0 Å². The van der Waals surface area contributed by atoms with Crippen molar-refractivity contribution in [3.63, 3.8) is 0 Å². The Bertz CT molecular complexity index is 1710. The van der Waals surface area contributed by atoms with E-state index in [1.165, 1.54) is 109 Å². The Hall–Kier alpha value is -3.09. The van der Waals surface area contributed by atoms with Crippen LogP contribution in [0, 0.1) is 0 Å². The maximum atomic E-state index is 13.2. The molecule has 0 bridgehead atoms. The van der Waals surface area contributed by atoms with Gasteiger partial charge in [0.2, 0.25) is 5.91 Å². The normalized spacial score (nSPS) is 24.9. The first-order chi connectivity index (χ1) is 39.1. The van der Waals surface area contributed by atoms with Crippen LogP contribution >= 0.6 is 0 Å². The third-order valence-electron chi connectivity index (χ3n) is 14.8. The minimum absolute atomic E-state index is 0.254. The summed E-state index contributed by atoms with van der Waals surface area (Å²) in [5, 5.41) is 86.8. The first-order valence-electron chi connectivity index (χ1n) is 31.5. The van der Waals surface area contributed by atoms with Gasteiger partial charge in [0.1, 0.15) is 48.8 Å². The largest absolute Gasteiger partial charge is 0.394 e. The Labute approximate surface area is 483 Å². The molecule has 0 spiro atoms. The second-order valence-corrected chi connectivity index (χ2v) is 21.8. The fourth-order valence-corrected chi connectivity index (χ4v) is 9.72. The zero-order chi connectivity index (χ0) is 58.1. The van der Waals surface area contributed by atoms with Gasteiger partial charge in [-0.3, -0.25) is 4.79 Å². The van der Waals surface area contributed by atoms with Gasteiger partial charge in [-0.2, -0.15) is 0 Å². The van der Waals surface area contributed by atoms with Gasteiger partial charge < -0.3 is 65.1 Å². The Morgan fingerprint density at radius 2 is 0.875 bits per heavy atom. The Morgan fingerprint density at radius 1 is 0.463 bits per heavy atom. The quantitative estimate of drug-likeness (QED) is 0.0204. The van der Waals surface area contributed by atoms with Crippen molar-refractivity contribution in [3.05, 3.63) is 97.2 Å². The van der Waals surface area contributed by atoms with Gasteiger partial charge in [-0.1, -0.05) is 227 Å². The Balaban J connectivity index is 1.57. The van der Waals surface area contributed by atoms with Crippen LogP contribution in [-0.4, -0.2) is 140 Å². The molecule has 0 aromatic rings. The van der Waals surface area contributed by atoms with Crippen LogP contribution in [0.5, 0.6) is 0 Å². The lowest BCUT2D eigenvalue weighted by Crippen LogP contribution is -2.65. The van der Waals surface area contributed by atoms with Crippen LogP contribution in [0.4, 0.5) is 0 Å². The number of rotatable bonds is 49. The highest BCUT2D eigenvalue weighted by Crippen LogP contribution is 2.30. The SMILES string of the molecule is CC/C=C\C/C=C\C/C=C\C/C=C\C/C=C\C/C=C\CCCCCCCCCCCCCCCCCCCCC(=O)NC(COC1OC(CO)C(OC2OC(CO)C(O)C(O)C2O)C(O)C1O)C(O)/C=C/CC/C=C/CCCCC. The van der Waals surface area contributed by atoms with Crippen molar-refractivity contribution < 1.29 is 64.6 Å². The van der Waals surface area contributed by atoms with Gasteiger partial charge in [-0.15, -0.1) is 0 Å². The van der Waals surface area contributed by atoms with Crippen molar-refractivity contribution in [2.24, 2.45) is 0 Å². The van der Waals surface area contributed by atoms with Gasteiger partial charge in [-0.25, -0.2) is 0 Å². The van der Waals surface area contributed by atoms with Gasteiger partial charge in [0.15, 0.2) is 12.6 Å². The summed E-state index contributed by atoms with van der Waals surface area (Å²) in [6, 6.07) is -0.932. The third kappa shape index (κ3) is 35.1. The summed E-state index contributed by atoms with van der Waals surface area (Å²) in [4.78, 5) is 13.2. The molecule has 2 heterocycles. The molecule has 0 saturated carbocycles.